The van der Waals surface area contributed by atoms with Crippen LogP contribution >= 0.6 is 15.9 Å². The van der Waals surface area contributed by atoms with Gasteiger partial charge in [-0.15, -0.1) is 0 Å². The average molecular weight is 354 g/mol. The van der Waals surface area contributed by atoms with Gasteiger partial charge in [0, 0.05) is 16.1 Å². The Bertz CT molecular complexity index is 439. The zero-order valence-corrected chi connectivity index (χ0v) is 14.8. The van der Waals surface area contributed by atoms with Gasteiger partial charge in [-0.05, 0) is 56.8 Å². The fraction of sp³-hybridized carbons (Fsp3) is 0.647. The fourth-order valence-electron chi connectivity index (χ4n) is 3.86. The molecule has 3 nitrogen and oxygen atoms in total. The van der Waals surface area contributed by atoms with E-state index in [9.17, 15) is 0 Å². The fourth-order valence-corrected chi connectivity index (χ4v) is 4.31. The van der Waals surface area contributed by atoms with Gasteiger partial charge in [0.1, 0.15) is 0 Å². The minimum Gasteiger partial charge on any atom is -0.296 e. The Morgan fingerprint density at radius 1 is 1.24 bits per heavy atom. The molecule has 1 aromatic rings. The van der Waals surface area contributed by atoms with Gasteiger partial charge < -0.3 is 0 Å². The molecule has 0 saturated carbocycles. The van der Waals surface area contributed by atoms with Crippen LogP contribution in [0.1, 0.15) is 45.1 Å². The molecule has 21 heavy (non-hydrogen) atoms. The summed E-state index contributed by atoms with van der Waals surface area (Å²) in [6.45, 7) is 7.00. The van der Waals surface area contributed by atoms with Crippen LogP contribution in [0.2, 0.25) is 0 Å². The molecule has 1 saturated heterocycles. The van der Waals surface area contributed by atoms with E-state index in [4.69, 9.17) is 5.84 Å². The van der Waals surface area contributed by atoms with Crippen molar-refractivity contribution in [2.24, 2.45) is 5.84 Å². The first-order chi connectivity index (χ1) is 10.2. The lowest BCUT2D eigenvalue weighted by Crippen LogP contribution is -2.62. The molecule has 0 aromatic heterocycles. The van der Waals surface area contributed by atoms with Crippen molar-refractivity contribution in [2.45, 2.75) is 57.5 Å². The van der Waals surface area contributed by atoms with E-state index in [0.29, 0.717) is 0 Å². The standard InChI is InChI=1S/C17H28BrN3/c1-3-17(4-2,21-11-7-8-12-21)16(20-19)13-14-9-5-6-10-15(14)18/h5-6,9-10,16,20H,3-4,7-8,11-13,19H2,1-2H3. The van der Waals surface area contributed by atoms with Crippen LogP contribution in [0.15, 0.2) is 28.7 Å². The van der Waals surface area contributed by atoms with Gasteiger partial charge in [-0.1, -0.05) is 48.0 Å². The molecule has 1 atom stereocenters. The van der Waals surface area contributed by atoms with Gasteiger partial charge in [0.15, 0.2) is 0 Å². The molecule has 0 radical (unpaired) electrons. The first-order valence-corrected chi connectivity index (χ1v) is 8.91. The van der Waals surface area contributed by atoms with Crippen LogP contribution in [0, 0.1) is 0 Å². The average Bonchev–Trinajstić information content (AvgIpc) is 3.04. The molecule has 1 aromatic carbocycles. The molecule has 118 valence electrons. The van der Waals surface area contributed by atoms with Gasteiger partial charge >= 0.3 is 0 Å². The van der Waals surface area contributed by atoms with Crippen LogP contribution in [-0.2, 0) is 6.42 Å². The maximum absolute atomic E-state index is 5.98. The number of likely N-dealkylation sites (tertiary alicyclic amines) is 1. The predicted molar refractivity (Wildman–Crippen MR) is 93.1 cm³/mol. The van der Waals surface area contributed by atoms with E-state index in [0.717, 1.165) is 19.3 Å². The van der Waals surface area contributed by atoms with E-state index in [-0.39, 0.29) is 11.6 Å². The normalized spacial score (nSPS) is 18.1. The number of nitrogens with two attached hydrogens (primary N) is 1. The van der Waals surface area contributed by atoms with Crippen LogP contribution in [0.25, 0.3) is 0 Å². The van der Waals surface area contributed by atoms with Gasteiger partial charge in [0.2, 0.25) is 0 Å². The van der Waals surface area contributed by atoms with Gasteiger partial charge in [-0.25, -0.2) is 0 Å². The molecule has 2 rings (SSSR count). The zero-order valence-electron chi connectivity index (χ0n) is 13.2. The van der Waals surface area contributed by atoms with Crippen molar-refractivity contribution in [1.29, 1.82) is 0 Å². The van der Waals surface area contributed by atoms with E-state index < -0.39 is 0 Å². The third-order valence-electron chi connectivity index (χ3n) is 5.19. The quantitative estimate of drug-likeness (QED) is 0.582. The maximum Gasteiger partial charge on any atom is 0.0435 e. The van der Waals surface area contributed by atoms with Crippen molar-refractivity contribution in [1.82, 2.24) is 10.3 Å². The number of nitrogens with zero attached hydrogens (tertiary/aromatic N) is 1. The van der Waals surface area contributed by atoms with Crippen LogP contribution < -0.4 is 11.3 Å². The van der Waals surface area contributed by atoms with Crippen LogP contribution in [0.5, 0.6) is 0 Å². The Morgan fingerprint density at radius 3 is 2.38 bits per heavy atom. The number of halogens is 1. The number of hydrogen-bond donors (Lipinski definition) is 2. The van der Waals surface area contributed by atoms with Gasteiger partial charge in [-0.2, -0.15) is 0 Å². The molecule has 0 bridgehead atoms. The number of nitrogens with one attached hydrogen (secondary N) is 1. The summed E-state index contributed by atoms with van der Waals surface area (Å²) in [6.07, 6.45) is 5.84. The first kappa shape index (κ1) is 16.9. The summed E-state index contributed by atoms with van der Waals surface area (Å²) in [4.78, 5) is 2.66. The van der Waals surface area contributed by atoms with Crippen LogP contribution in [0.4, 0.5) is 0 Å². The second-order valence-electron chi connectivity index (χ2n) is 6.02. The molecule has 0 aliphatic carbocycles. The topological polar surface area (TPSA) is 41.3 Å². The zero-order chi connectivity index (χ0) is 15.3. The minimum atomic E-state index is 0.153. The lowest BCUT2D eigenvalue weighted by atomic mass is 9.80. The van der Waals surface area contributed by atoms with Crippen molar-refractivity contribution in [3.05, 3.63) is 34.3 Å². The third kappa shape index (κ3) is 3.50. The van der Waals surface area contributed by atoms with E-state index in [2.05, 4.69) is 64.4 Å². The Morgan fingerprint density at radius 2 is 1.86 bits per heavy atom. The molecule has 1 heterocycles. The van der Waals surface area contributed by atoms with E-state index >= 15 is 0 Å². The third-order valence-corrected chi connectivity index (χ3v) is 5.97. The number of hydrazine groups is 1. The number of rotatable bonds is 7. The minimum absolute atomic E-state index is 0.153. The van der Waals surface area contributed by atoms with Crippen LogP contribution in [0.3, 0.4) is 0 Å². The largest absolute Gasteiger partial charge is 0.296 e. The summed E-state index contributed by atoms with van der Waals surface area (Å²) in [7, 11) is 0. The molecule has 3 N–H and O–H groups in total. The number of benzene rings is 1. The molecule has 1 aliphatic heterocycles. The summed E-state index contributed by atoms with van der Waals surface area (Å²) in [5, 5.41) is 0. The molecule has 4 heteroatoms. The lowest BCUT2D eigenvalue weighted by molar-refractivity contribution is 0.0620. The highest BCUT2D eigenvalue weighted by atomic mass is 79.9. The monoisotopic (exact) mass is 353 g/mol. The Balaban J connectivity index is 2.25. The summed E-state index contributed by atoms with van der Waals surface area (Å²) in [5.41, 5.74) is 4.61. The summed E-state index contributed by atoms with van der Waals surface area (Å²) < 4.78 is 1.17. The first-order valence-electron chi connectivity index (χ1n) is 8.12. The van der Waals surface area contributed by atoms with Crippen LogP contribution in [-0.4, -0.2) is 29.6 Å². The Hall–Kier alpha value is -0.420. The Labute approximate surface area is 137 Å². The highest BCUT2D eigenvalue weighted by molar-refractivity contribution is 9.10. The second-order valence-corrected chi connectivity index (χ2v) is 6.87. The maximum atomic E-state index is 5.98. The van der Waals surface area contributed by atoms with Crippen molar-refractivity contribution < 1.29 is 0 Å². The van der Waals surface area contributed by atoms with Crippen molar-refractivity contribution in [3.63, 3.8) is 0 Å². The smallest absolute Gasteiger partial charge is 0.0435 e. The molecule has 0 amide bonds. The van der Waals surface area contributed by atoms with E-state index in [1.807, 2.05) is 0 Å². The molecular weight excluding hydrogens is 326 g/mol. The Kier molecular flexibility index (Phi) is 6.23. The number of hydrogen-bond acceptors (Lipinski definition) is 3. The molecule has 1 aliphatic rings. The van der Waals surface area contributed by atoms with E-state index in [1.54, 1.807) is 0 Å². The molecule has 1 fully saturated rings. The predicted octanol–water partition coefficient (Wildman–Crippen LogP) is 3.48. The van der Waals surface area contributed by atoms with Gasteiger partial charge in [-0.3, -0.25) is 16.2 Å². The molecule has 0 spiro atoms. The summed E-state index contributed by atoms with van der Waals surface area (Å²) in [5.74, 6) is 5.98. The van der Waals surface area contributed by atoms with E-state index in [1.165, 1.54) is 36.0 Å². The van der Waals surface area contributed by atoms with Crippen molar-refractivity contribution in [3.8, 4) is 0 Å². The van der Waals surface area contributed by atoms with Crippen molar-refractivity contribution >= 4 is 15.9 Å². The van der Waals surface area contributed by atoms with Gasteiger partial charge in [0.05, 0.1) is 0 Å². The SMILES string of the molecule is CCC(CC)(C(Cc1ccccc1Br)NN)N1CCCC1. The van der Waals surface area contributed by atoms with Crippen molar-refractivity contribution in [2.75, 3.05) is 13.1 Å². The highest BCUT2D eigenvalue weighted by Crippen LogP contribution is 2.33. The summed E-state index contributed by atoms with van der Waals surface area (Å²) in [6, 6.07) is 8.73. The summed E-state index contributed by atoms with van der Waals surface area (Å²) >= 11 is 3.67. The second kappa shape index (κ2) is 7.73. The lowest BCUT2D eigenvalue weighted by Gasteiger charge is -2.46. The molecule has 1 unspecified atom stereocenters. The molecular formula is C17H28BrN3. The highest BCUT2D eigenvalue weighted by Gasteiger charge is 2.41. The van der Waals surface area contributed by atoms with Gasteiger partial charge in [0.25, 0.3) is 0 Å².